The average Bonchev–Trinajstić information content (AvgIpc) is 2.45. The number of nitrogens with zero attached hydrogens (tertiary/aromatic N) is 2. The first-order chi connectivity index (χ1) is 9.67. The first-order valence-corrected chi connectivity index (χ1v) is 6.92. The molecule has 0 heterocycles. The van der Waals surface area contributed by atoms with Crippen molar-refractivity contribution >= 4 is 11.6 Å². The second-order valence-electron chi connectivity index (χ2n) is 4.40. The number of hydrogen-bond acceptors (Lipinski definition) is 3. The summed E-state index contributed by atoms with van der Waals surface area (Å²) in [6.07, 6.45) is 2.23. The maximum Gasteiger partial charge on any atom is 0.269 e. The molecule has 0 spiro atoms. The zero-order valence-corrected chi connectivity index (χ0v) is 12.1. The number of unbranched alkanes of at least 4 members (excludes halogenated alkanes) is 1. The van der Waals surface area contributed by atoms with Gasteiger partial charge in [-0.2, -0.15) is 0 Å². The molecule has 0 aromatic heterocycles. The predicted octanol–water partition coefficient (Wildman–Crippen LogP) is 2.45. The molecule has 110 valence electrons. The molecule has 0 bridgehead atoms. The number of nitro groups is 1. The van der Waals surface area contributed by atoms with Crippen LogP contribution in [0.1, 0.15) is 32.3 Å². The van der Waals surface area contributed by atoms with Crippen molar-refractivity contribution in [2.45, 2.75) is 33.2 Å². The Balaban J connectivity index is 2.58. The van der Waals surface area contributed by atoms with Crippen LogP contribution < -0.4 is 10.6 Å². The summed E-state index contributed by atoms with van der Waals surface area (Å²) < 4.78 is 0. The lowest BCUT2D eigenvalue weighted by atomic mass is 10.2. The van der Waals surface area contributed by atoms with Crippen LogP contribution in [0.3, 0.4) is 0 Å². The van der Waals surface area contributed by atoms with Gasteiger partial charge in [0.15, 0.2) is 5.96 Å². The minimum atomic E-state index is -0.399. The van der Waals surface area contributed by atoms with Gasteiger partial charge in [-0.1, -0.05) is 25.5 Å². The first-order valence-electron chi connectivity index (χ1n) is 6.92. The fourth-order valence-corrected chi connectivity index (χ4v) is 1.62. The first kappa shape index (κ1) is 15.9. The molecule has 0 unspecified atom stereocenters. The van der Waals surface area contributed by atoms with Gasteiger partial charge in [-0.05, 0) is 18.9 Å². The summed E-state index contributed by atoms with van der Waals surface area (Å²) in [7, 11) is 0. The molecule has 1 aromatic carbocycles. The third-order valence-corrected chi connectivity index (χ3v) is 2.73. The van der Waals surface area contributed by atoms with E-state index in [1.165, 1.54) is 12.1 Å². The molecule has 0 aliphatic heterocycles. The van der Waals surface area contributed by atoms with Crippen LogP contribution in [0.15, 0.2) is 29.3 Å². The normalized spacial score (nSPS) is 11.2. The molecule has 0 saturated heterocycles. The maximum atomic E-state index is 10.6. The van der Waals surface area contributed by atoms with Gasteiger partial charge >= 0.3 is 0 Å². The van der Waals surface area contributed by atoms with E-state index in [9.17, 15) is 10.1 Å². The van der Waals surface area contributed by atoms with Crippen LogP contribution in [0.4, 0.5) is 5.69 Å². The molecule has 0 radical (unpaired) electrons. The largest absolute Gasteiger partial charge is 0.357 e. The van der Waals surface area contributed by atoms with E-state index in [-0.39, 0.29) is 5.69 Å². The van der Waals surface area contributed by atoms with Crippen molar-refractivity contribution in [3.05, 3.63) is 39.9 Å². The fraction of sp³-hybridized carbons (Fsp3) is 0.500. The molecule has 0 aliphatic rings. The molecule has 20 heavy (non-hydrogen) atoms. The van der Waals surface area contributed by atoms with Crippen molar-refractivity contribution in [2.75, 3.05) is 13.1 Å². The number of benzene rings is 1. The average molecular weight is 278 g/mol. The van der Waals surface area contributed by atoms with Crippen LogP contribution >= 0.6 is 0 Å². The standard InChI is InChI=1S/C14H22N4O2/c1-3-5-10-16-14(15-4-2)17-11-12-6-8-13(9-7-12)18(19)20/h6-9H,3-5,10-11H2,1-2H3,(H2,15,16,17). The lowest BCUT2D eigenvalue weighted by Crippen LogP contribution is -2.37. The van der Waals surface area contributed by atoms with E-state index in [2.05, 4.69) is 22.5 Å². The Bertz CT molecular complexity index is 443. The minimum Gasteiger partial charge on any atom is -0.357 e. The number of guanidine groups is 1. The molecule has 0 amide bonds. The van der Waals surface area contributed by atoms with Crippen molar-refractivity contribution in [1.82, 2.24) is 10.6 Å². The highest BCUT2D eigenvalue weighted by Crippen LogP contribution is 2.12. The summed E-state index contributed by atoms with van der Waals surface area (Å²) in [5.74, 6) is 0.777. The van der Waals surface area contributed by atoms with Crippen LogP contribution in [0.25, 0.3) is 0 Å². The highest BCUT2D eigenvalue weighted by Gasteiger charge is 2.03. The van der Waals surface area contributed by atoms with Gasteiger partial charge in [0.05, 0.1) is 11.5 Å². The molecule has 1 rings (SSSR count). The van der Waals surface area contributed by atoms with E-state index in [4.69, 9.17) is 0 Å². The highest BCUT2D eigenvalue weighted by atomic mass is 16.6. The van der Waals surface area contributed by atoms with Gasteiger partial charge in [-0.3, -0.25) is 10.1 Å². The summed E-state index contributed by atoms with van der Waals surface area (Å²) in [5.41, 5.74) is 1.05. The second kappa shape index (κ2) is 8.90. The van der Waals surface area contributed by atoms with Crippen LogP contribution in [0, 0.1) is 10.1 Å². The van der Waals surface area contributed by atoms with Gasteiger partial charge in [0.25, 0.3) is 5.69 Å². The number of hydrogen-bond donors (Lipinski definition) is 2. The summed E-state index contributed by atoms with van der Waals surface area (Å²) in [6.45, 7) is 6.35. The van der Waals surface area contributed by atoms with E-state index in [0.29, 0.717) is 6.54 Å². The molecule has 2 N–H and O–H groups in total. The van der Waals surface area contributed by atoms with Crippen LogP contribution in [-0.2, 0) is 6.54 Å². The third-order valence-electron chi connectivity index (χ3n) is 2.73. The smallest absolute Gasteiger partial charge is 0.269 e. The summed E-state index contributed by atoms with van der Waals surface area (Å²) in [6, 6.07) is 6.47. The van der Waals surface area contributed by atoms with Crippen molar-refractivity contribution in [3.8, 4) is 0 Å². The van der Waals surface area contributed by atoms with Gasteiger partial charge in [0.2, 0.25) is 0 Å². The minimum absolute atomic E-state index is 0.103. The van der Waals surface area contributed by atoms with Gasteiger partial charge in [0.1, 0.15) is 0 Å². The molecule has 0 saturated carbocycles. The zero-order valence-electron chi connectivity index (χ0n) is 12.1. The summed E-state index contributed by atoms with van der Waals surface area (Å²) >= 11 is 0. The lowest BCUT2D eigenvalue weighted by molar-refractivity contribution is -0.384. The molecular weight excluding hydrogens is 256 g/mol. The number of aliphatic imine (C=N–C) groups is 1. The summed E-state index contributed by atoms with van der Waals surface area (Å²) in [5, 5.41) is 17.0. The molecule has 6 heteroatoms. The van der Waals surface area contributed by atoms with E-state index < -0.39 is 4.92 Å². The van der Waals surface area contributed by atoms with Crippen molar-refractivity contribution in [2.24, 2.45) is 4.99 Å². The Morgan fingerprint density at radius 1 is 1.25 bits per heavy atom. The Morgan fingerprint density at radius 2 is 1.95 bits per heavy atom. The monoisotopic (exact) mass is 278 g/mol. The predicted molar refractivity (Wildman–Crippen MR) is 80.8 cm³/mol. The van der Waals surface area contributed by atoms with E-state index in [1.54, 1.807) is 12.1 Å². The van der Waals surface area contributed by atoms with Gasteiger partial charge < -0.3 is 10.6 Å². The van der Waals surface area contributed by atoms with Crippen LogP contribution in [0.2, 0.25) is 0 Å². The van der Waals surface area contributed by atoms with E-state index in [0.717, 1.165) is 37.5 Å². The Kier molecular flexibility index (Phi) is 7.10. The topological polar surface area (TPSA) is 79.6 Å². The second-order valence-corrected chi connectivity index (χ2v) is 4.40. The molecular formula is C14H22N4O2. The van der Waals surface area contributed by atoms with Gasteiger partial charge in [-0.25, -0.2) is 4.99 Å². The van der Waals surface area contributed by atoms with Crippen molar-refractivity contribution < 1.29 is 4.92 Å². The van der Waals surface area contributed by atoms with Crippen LogP contribution in [-0.4, -0.2) is 24.0 Å². The van der Waals surface area contributed by atoms with Gasteiger partial charge in [-0.15, -0.1) is 0 Å². The molecule has 0 aliphatic carbocycles. The third kappa shape index (κ3) is 5.69. The van der Waals surface area contributed by atoms with E-state index in [1.807, 2.05) is 6.92 Å². The molecule has 0 fully saturated rings. The van der Waals surface area contributed by atoms with Gasteiger partial charge in [0, 0.05) is 25.2 Å². The number of rotatable bonds is 7. The lowest BCUT2D eigenvalue weighted by Gasteiger charge is -2.10. The maximum absolute atomic E-state index is 10.6. The molecule has 1 aromatic rings. The SMILES string of the molecule is CCCCNC(=NCc1ccc([N+](=O)[O-])cc1)NCC. The Morgan fingerprint density at radius 3 is 2.50 bits per heavy atom. The van der Waals surface area contributed by atoms with Crippen molar-refractivity contribution in [3.63, 3.8) is 0 Å². The summed E-state index contributed by atoms with van der Waals surface area (Å²) in [4.78, 5) is 14.6. The fourth-order valence-electron chi connectivity index (χ4n) is 1.62. The van der Waals surface area contributed by atoms with Crippen molar-refractivity contribution in [1.29, 1.82) is 0 Å². The molecule has 0 atom stereocenters. The number of non-ortho nitro benzene ring substituents is 1. The van der Waals surface area contributed by atoms with Crippen LogP contribution in [0.5, 0.6) is 0 Å². The quantitative estimate of drug-likeness (QED) is 0.264. The van der Waals surface area contributed by atoms with E-state index >= 15 is 0 Å². The Hall–Kier alpha value is -2.11. The highest BCUT2D eigenvalue weighted by molar-refractivity contribution is 5.79. The number of nitrogens with one attached hydrogen (secondary N) is 2. The number of nitro benzene ring substituents is 1. The molecule has 6 nitrogen and oxygen atoms in total. The Labute approximate surface area is 119 Å². The zero-order chi connectivity index (χ0) is 14.8.